The average molecular weight is 286 g/mol. The number of allylic oxidation sites excluding steroid dienone is 1. The number of hydrogen-bond donors (Lipinski definition) is 2. The van der Waals surface area contributed by atoms with Gasteiger partial charge < -0.3 is 24.4 Å². The fraction of sp³-hybridized carbons (Fsp3) is 0.143. The molecule has 3 heterocycles. The van der Waals surface area contributed by atoms with E-state index in [-0.39, 0.29) is 28.7 Å². The lowest BCUT2D eigenvalue weighted by Gasteiger charge is -2.22. The van der Waals surface area contributed by atoms with Crippen molar-refractivity contribution in [3.05, 3.63) is 63.4 Å². The van der Waals surface area contributed by atoms with E-state index in [1.54, 1.807) is 12.1 Å². The minimum absolute atomic E-state index is 0.0664. The highest BCUT2D eigenvalue weighted by atomic mass is 16.5. The van der Waals surface area contributed by atoms with Crippen molar-refractivity contribution in [2.75, 3.05) is 0 Å². The van der Waals surface area contributed by atoms with Gasteiger partial charge >= 0.3 is 0 Å². The molecule has 0 aliphatic carbocycles. The normalized spacial score (nSPS) is 17.0. The van der Waals surface area contributed by atoms with E-state index < -0.39 is 18.0 Å². The van der Waals surface area contributed by atoms with E-state index in [1.165, 1.54) is 6.26 Å². The van der Waals surface area contributed by atoms with Crippen LogP contribution in [0.2, 0.25) is 0 Å². The molecule has 3 rings (SSSR count). The minimum Gasteiger partial charge on any atom is -0.468 e. The zero-order valence-electron chi connectivity index (χ0n) is 10.7. The van der Waals surface area contributed by atoms with Crippen LogP contribution in [-0.4, -0.2) is 5.11 Å². The Balaban J connectivity index is 2.30. The summed E-state index contributed by atoms with van der Waals surface area (Å²) >= 11 is 0. The molecule has 0 unspecified atom stereocenters. The van der Waals surface area contributed by atoms with Crippen LogP contribution in [-0.2, 0) is 6.61 Å². The van der Waals surface area contributed by atoms with E-state index in [1.807, 2.05) is 6.07 Å². The highest BCUT2D eigenvalue weighted by Gasteiger charge is 2.36. The molecular formula is C14H10N2O5. The first-order valence-electron chi connectivity index (χ1n) is 6.04. The second-order valence-electron chi connectivity index (χ2n) is 4.37. The van der Waals surface area contributed by atoms with Crippen molar-refractivity contribution in [3.8, 4) is 11.8 Å². The molecule has 0 saturated carbocycles. The summed E-state index contributed by atoms with van der Waals surface area (Å²) in [6.07, 6.45) is 1.43. The number of fused-ring (bicyclic) bond motifs is 1. The van der Waals surface area contributed by atoms with Gasteiger partial charge in [0.1, 0.15) is 35.7 Å². The van der Waals surface area contributed by atoms with Crippen LogP contribution in [0.4, 0.5) is 0 Å². The summed E-state index contributed by atoms with van der Waals surface area (Å²) in [6, 6.07) is 6.33. The number of nitrogens with zero attached hydrogens (tertiary/aromatic N) is 1. The van der Waals surface area contributed by atoms with Crippen LogP contribution >= 0.6 is 0 Å². The first kappa shape index (κ1) is 13.0. The summed E-state index contributed by atoms with van der Waals surface area (Å²) in [7, 11) is 0. The topological polar surface area (TPSA) is 123 Å². The number of aliphatic hydroxyl groups excluding tert-OH is 1. The summed E-state index contributed by atoms with van der Waals surface area (Å²) < 4.78 is 16.0. The van der Waals surface area contributed by atoms with Crippen LogP contribution in [0.3, 0.4) is 0 Å². The van der Waals surface area contributed by atoms with Gasteiger partial charge in [0.25, 0.3) is 0 Å². The maximum atomic E-state index is 12.0. The number of aliphatic hydroxyl groups is 1. The molecule has 21 heavy (non-hydrogen) atoms. The van der Waals surface area contributed by atoms with Crippen molar-refractivity contribution in [2.24, 2.45) is 5.73 Å². The maximum Gasteiger partial charge on any atom is 0.228 e. The molecule has 2 aromatic heterocycles. The highest BCUT2D eigenvalue weighted by Crippen LogP contribution is 2.40. The van der Waals surface area contributed by atoms with E-state index in [2.05, 4.69) is 0 Å². The first-order chi connectivity index (χ1) is 10.2. The number of ether oxygens (including phenoxy) is 1. The van der Waals surface area contributed by atoms with E-state index >= 15 is 0 Å². The fourth-order valence-electron chi connectivity index (χ4n) is 2.20. The van der Waals surface area contributed by atoms with Crippen molar-refractivity contribution in [1.82, 2.24) is 0 Å². The van der Waals surface area contributed by atoms with E-state index in [0.29, 0.717) is 5.76 Å². The molecule has 0 aromatic carbocycles. The van der Waals surface area contributed by atoms with E-state index in [4.69, 9.17) is 24.4 Å². The zero-order valence-corrected chi connectivity index (χ0v) is 10.7. The summed E-state index contributed by atoms with van der Waals surface area (Å²) in [5, 5.41) is 18.4. The average Bonchev–Trinajstić information content (AvgIpc) is 3.00. The molecule has 0 spiro atoms. The van der Waals surface area contributed by atoms with E-state index in [0.717, 1.165) is 6.07 Å². The van der Waals surface area contributed by atoms with Crippen molar-refractivity contribution >= 4 is 0 Å². The molecule has 0 radical (unpaired) electrons. The summed E-state index contributed by atoms with van der Waals surface area (Å²) in [6.45, 7) is -0.450. The highest BCUT2D eigenvalue weighted by molar-refractivity contribution is 5.49. The Kier molecular flexibility index (Phi) is 3.01. The van der Waals surface area contributed by atoms with Gasteiger partial charge in [0.15, 0.2) is 5.76 Å². The van der Waals surface area contributed by atoms with Crippen molar-refractivity contribution in [2.45, 2.75) is 12.5 Å². The minimum atomic E-state index is -0.784. The third kappa shape index (κ3) is 1.98. The van der Waals surface area contributed by atoms with Gasteiger partial charge in [-0.25, -0.2) is 0 Å². The van der Waals surface area contributed by atoms with Crippen LogP contribution in [0.15, 0.2) is 49.5 Å². The van der Waals surface area contributed by atoms with Crippen LogP contribution in [0.25, 0.3) is 0 Å². The molecule has 0 bridgehead atoms. The van der Waals surface area contributed by atoms with Gasteiger partial charge in [-0.05, 0) is 12.1 Å². The van der Waals surface area contributed by atoms with Gasteiger partial charge in [0.05, 0.1) is 6.26 Å². The molecule has 7 heteroatoms. The van der Waals surface area contributed by atoms with Crippen LogP contribution in [0.1, 0.15) is 23.2 Å². The molecule has 1 atom stereocenters. The van der Waals surface area contributed by atoms with Crippen LogP contribution < -0.4 is 15.9 Å². The third-order valence-electron chi connectivity index (χ3n) is 3.11. The van der Waals surface area contributed by atoms with Gasteiger partial charge in [-0.15, -0.1) is 0 Å². The van der Waals surface area contributed by atoms with E-state index in [9.17, 15) is 10.1 Å². The Hall–Kier alpha value is -2.98. The third-order valence-corrected chi connectivity index (χ3v) is 3.11. The summed E-state index contributed by atoms with van der Waals surface area (Å²) in [4.78, 5) is 12.0. The summed E-state index contributed by atoms with van der Waals surface area (Å²) in [5.41, 5.74) is 5.29. The van der Waals surface area contributed by atoms with Crippen molar-refractivity contribution < 1.29 is 18.7 Å². The predicted octanol–water partition coefficient (Wildman–Crippen LogP) is 0.943. The van der Waals surface area contributed by atoms with Gasteiger partial charge in [0, 0.05) is 6.07 Å². The van der Waals surface area contributed by atoms with Gasteiger partial charge in [0.2, 0.25) is 17.1 Å². The number of nitrogens with two attached hydrogens (primary N) is 1. The fourth-order valence-corrected chi connectivity index (χ4v) is 2.20. The first-order valence-corrected chi connectivity index (χ1v) is 6.04. The standard InChI is InChI=1S/C14H10N2O5/c15-5-8-11(10-2-1-3-19-10)13-12(21-14(8)16)9(18)4-7(6-17)20-13/h1-4,11,17H,6,16H2/t11-/m0/s1. The summed E-state index contributed by atoms with van der Waals surface area (Å²) in [5.74, 6) is -0.519. The Morgan fingerprint density at radius 3 is 2.90 bits per heavy atom. The molecule has 0 saturated heterocycles. The molecule has 7 nitrogen and oxygen atoms in total. The van der Waals surface area contributed by atoms with Crippen LogP contribution in [0, 0.1) is 11.3 Å². The van der Waals surface area contributed by atoms with Crippen molar-refractivity contribution in [3.63, 3.8) is 0 Å². The zero-order chi connectivity index (χ0) is 15.0. The lowest BCUT2D eigenvalue weighted by atomic mass is 9.92. The molecule has 3 N–H and O–H groups in total. The molecule has 0 fully saturated rings. The molecule has 1 aliphatic rings. The van der Waals surface area contributed by atoms with Gasteiger partial charge in [-0.1, -0.05) is 0 Å². The second-order valence-corrected chi connectivity index (χ2v) is 4.37. The quantitative estimate of drug-likeness (QED) is 0.842. The number of rotatable bonds is 2. The lowest BCUT2D eigenvalue weighted by Crippen LogP contribution is -2.25. The second kappa shape index (κ2) is 4.85. The predicted molar refractivity (Wildman–Crippen MR) is 68.9 cm³/mol. The number of hydrogen-bond acceptors (Lipinski definition) is 7. The molecular weight excluding hydrogens is 276 g/mol. The Morgan fingerprint density at radius 2 is 2.29 bits per heavy atom. The Labute approximate surface area is 118 Å². The smallest absolute Gasteiger partial charge is 0.228 e. The number of furan rings is 1. The monoisotopic (exact) mass is 286 g/mol. The van der Waals surface area contributed by atoms with Crippen molar-refractivity contribution in [1.29, 1.82) is 5.26 Å². The lowest BCUT2D eigenvalue weighted by molar-refractivity contribution is 0.230. The Bertz CT molecular complexity index is 811. The SMILES string of the molecule is N#CC1=C(N)Oc2c(oc(CO)cc2=O)[C@@H]1c1ccco1. The number of nitriles is 1. The molecule has 106 valence electrons. The Morgan fingerprint density at radius 1 is 1.48 bits per heavy atom. The van der Waals surface area contributed by atoms with Gasteiger partial charge in [-0.2, -0.15) is 5.26 Å². The van der Waals surface area contributed by atoms with Gasteiger partial charge in [-0.3, -0.25) is 4.79 Å². The molecule has 1 aliphatic heterocycles. The largest absolute Gasteiger partial charge is 0.468 e. The van der Waals surface area contributed by atoms with Crippen LogP contribution in [0.5, 0.6) is 5.75 Å². The molecule has 2 aromatic rings. The molecule has 0 amide bonds. The maximum absolute atomic E-state index is 12.0.